The van der Waals surface area contributed by atoms with Gasteiger partial charge in [-0.2, -0.15) is 0 Å². The lowest BCUT2D eigenvalue weighted by molar-refractivity contribution is -0.143. The maximum atomic E-state index is 11.7. The number of imide groups is 1. The van der Waals surface area contributed by atoms with Crippen LogP contribution in [0.5, 0.6) is 0 Å². The van der Waals surface area contributed by atoms with E-state index in [1.807, 2.05) is 30.3 Å². The topological polar surface area (TPSA) is 75.7 Å². The van der Waals surface area contributed by atoms with Gasteiger partial charge in [0.2, 0.25) is 0 Å². The van der Waals surface area contributed by atoms with E-state index in [0.29, 0.717) is 0 Å². The Hall–Kier alpha value is -2.37. The summed E-state index contributed by atoms with van der Waals surface area (Å²) in [7, 11) is 1.25. The SMILES string of the molecule is COC(=O)C[C@H]1C(=O)NC(=O)N1Cc1ccccc1. The minimum absolute atomic E-state index is 0.138. The van der Waals surface area contributed by atoms with Crippen LogP contribution in [0, 0.1) is 0 Å². The number of carbonyl (C=O) groups is 3. The molecule has 6 nitrogen and oxygen atoms in total. The van der Waals surface area contributed by atoms with E-state index in [1.165, 1.54) is 12.0 Å². The lowest BCUT2D eigenvalue weighted by atomic mass is 10.1. The number of hydrogen-bond acceptors (Lipinski definition) is 4. The van der Waals surface area contributed by atoms with E-state index < -0.39 is 23.9 Å². The summed E-state index contributed by atoms with van der Waals surface area (Å²) < 4.78 is 4.54. The number of nitrogens with one attached hydrogen (secondary N) is 1. The third-order valence-electron chi connectivity index (χ3n) is 2.95. The second-order valence-electron chi connectivity index (χ2n) is 4.20. The van der Waals surface area contributed by atoms with Crippen LogP contribution >= 0.6 is 0 Å². The minimum atomic E-state index is -0.805. The number of urea groups is 1. The summed E-state index contributed by atoms with van der Waals surface area (Å²) in [6.07, 6.45) is -0.138. The van der Waals surface area contributed by atoms with Crippen molar-refractivity contribution in [3.63, 3.8) is 0 Å². The van der Waals surface area contributed by atoms with Crippen molar-refractivity contribution in [1.82, 2.24) is 10.2 Å². The van der Waals surface area contributed by atoms with Crippen molar-refractivity contribution in [1.29, 1.82) is 0 Å². The van der Waals surface area contributed by atoms with Crippen LogP contribution in [0.3, 0.4) is 0 Å². The summed E-state index contributed by atoms with van der Waals surface area (Å²) in [6.45, 7) is 0.278. The summed E-state index contributed by atoms with van der Waals surface area (Å²) in [4.78, 5) is 36.0. The van der Waals surface area contributed by atoms with E-state index in [2.05, 4.69) is 10.1 Å². The number of carbonyl (C=O) groups excluding carboxylic acids is 3. The molecule has 2 rings (SSSR count). The molecule has 1 aromatic rings. The quantitative estimate of drug-likeness (QED) is 0.639. The fraction of sp³-hybridized carbons (Fsp3) is 0.308. The third kappa shape index (κ3) is 2.90. The monoisotopic (exact) mass is 262 g/mol. The number of amides is 3. The first-order chi connectivity index (χ1) is 9.11. The van der Waals surface area contributed by atoms with Crippen molar-refractivity contribution in [2.75, 3.05) is 7.11 Å². The number of benzene rings is 1. The van der Waals surface area contributed by atoms with Crippen molar-refractivity contribution in [3.8, 4) is 0 Å². The van der Waals surface area contributed by atoms with Gasteiger partial charge in [0.05, 0.1) is 13.5 Å². The van der Waals surface area contributed by atoms with E-state index >= 15 is 0 Å². The smallest absolute Gasteiger partial charge is 0.325 e. The number of nitrogens with zero attached hydrogens (tertiary/aromatic N) is 1. The predicted molar refractivity (Wildman–Crippen MR) is 65.9 cm³/mol. The van der Waals surface area contributed by atoms with Crippen LogP contribution in [0.25, 0.3) is 0 Å². The van der Waals surface area contributed by atoms with Gasteiger partial charge in [0.25, 0.3) is 5.91 Å². The van der Waals surface area contributed by atoms with E-state index in [9.17, 15) is 14.4 Å². The Morgan fingerprint density at radius 1 is 1.32 bits per heavy atom. The van der Waals surface area contributed by atoms with Crippen molar-refractivity contribution in [2.45, 2.75) is 19.0 Å². The number of ether oxygens (including phenoxy) is 1. The molecule has 1 aliphatic heterocycles. The molecule has 1 N–H and O–H groups in total. The summed E-state index contributed by atoms with van der Waals surface area (Å²) in [5.41, 5.74) is 0.891. The molecule has 0 unspecified atom stereocenters. The standard InChI is InChI=1S/C13H14N2O4/c1-19-11(16)7-10-12(17)14-13(18)15(10)8-9-5-3-2-4-6-9/h2-6,10H,7-8H2,1H3,(H,14,17,18)/t10-/m0/s1. The number of rotatable bonds is 4. The van der Waals surface area contributed by atoms with E-state index in [0.717, 1.165) is 5.56 Å². The zero-order chi connectivity index (χ0) is 13.8. The molecule has 1 aromatic carbocycles. The molecule has 0 bridgehead atoms. The molecular formula is C13H14N2O4. The molecule has 6 heteroatoms. The second-order valence-corrected chi connectivity index (χ2v) is 4.20. The maximum Gasteiger partial charge on any atom is 0.325 e. The molecule has 19 heavy (non-hydrogen) atoms. The fourth-order valence-corrected chi connectivity index (χ4v) is 1.95. The highest BCUT2D eigenvalue weighted by Gasteiger charge is 2.39. The summed E-state index contributed by atoms with van der Waals surface area (Å²) >= 11 is 0. The number of methoxy groups -OCH3 is 1. The van der Waals surface area contributed by atoms with Crippen molar-refractivity contribution in [2.24, 2.45) is 0 Å². The molecule has 1 aliphatic rings. The minimum Gasteiger partial charge on any atom is -0.469 e. The first-order valence-corrected chi connectivity index (χ1v) is 5.84. The first kappa shape index (κ1) is 13.1. The van der Waals surface area contributed by atoms with Gasteiger partial charge in [0, 0.05) is 6.54 Å². The Balaban J connectivity index is 2.13. The van der Waals surface area contributed by atoms with Gasteiger partial charge < -0.3 is 9.64 Å². The van der Waals surface area contributed by atoms with Crippen molar-refractivity contribution >= 4 is 17.9 Å². The number of esters is 1. The van der Waals surface area contributed by atoms with E-state index in [-0.39, 0.29) is 13.0 Å². The normalized spacial score (nSPS) is 18.4. The lowest BCUT2D eigenvalue weighted by Gasteiger charge is -2.20. The first-order valence-electron chi connectivity index (χ1n) is 5.84. The highest BCUT2D eigenvalue weighted by atomic mass is 16.5. The van der Waals surface area contributed by atoms with Crippen molar-refractivity contribution in [3.05, 3.63) is 35.9 Å². The van der Waals surface area contributed by atoms with Crippen LogP contribution in [-0.4, -0.2) is 36.0 Å². The Bertz CT molecular complexity index is 501. The van der Waals surface area contributed by atoms with Crippen LogP contribution in [0.2, 0.25) is 0 Å². The molecule has 3 amide bonds. The zero-order valence-electron chi connectivity index (χ0n) is 10.5. The zero-order valence-corrected chi connectivity index (χ0v) is 10.5. The Labute approximate surface area is 110 Å². The molecule has 0 saturated carbocycles. The molecule has 0 spiro atoms. The van der Waals surface area contributed by atoms with Crippen LogP contribution in [0.15, 0.2) is 30.3 Å². The molecule has 0 radical (unpaired) electrons. The molecule has 0 aliphatic carbocycles. The van der Waals surface area contributed by atoms with Gasteiger partial charge in [0.1, 0.15) is 6.04 Å². The Morgan fingerprint density at radius 3 is 2.63 bits per heavy atom. The molecule has 100 valence electrons. The molecule has 1 atom stereocenters. The molecule has 1 heterocycles. The van der Waals surface area contributed by atoms with Gasteiger partial charge in [-0.25, -0.2) is 4.79 Å². The Kier molecular flexibility index (Phi) is 3.79. The summed E-state index contributed by atoms with van der Waals surface area (Å²) in [6, 6.07) is 7.98. The van der Waals surface area contributed by atoms with Crippen LogP contribution < -0.4 is 5.32 Å². The molecule has 1 fully saturated rings. The van der Waals surface area contributed by atoms with Crippen molar-refractivity contribution < 1.29 is 19.1 Å². The van der Waals surface area contributed by atoms with Gasteiger partial charge in [-0.15, -0.1) is 0 Å². The van der Waals surface area contributed by atoms with Gasteiger partial charge in [-0.1, -0.05) is 30.3 Å². The second kappa shape index (κ2) is 5.51. The van der Waals surface area contributed by atoms with Gasteiger partial charge in [0.15, 0.2) is 0 Å². The average Bonchev–Trinajstić information content (AvgIpc) is 2.67. The van der Waals surface area contributed by atoms with Gasteiger partial charge in [-0.3, -0.25) is 14.9 Å². The van der Waals surface area contributed by atoms with Gasteiger partial charge in [-0.05, 0) is 5.56 Å². The van der Waals surface area contributed by atoms with Crippen LogP contribution in [-0.2, 0) is 20.9 Å². The molecule has 0 aromatic heterocycles. The summed E-state index contributed by atoms with van der Waals surface area (Å²) in [5, 5.41) is 2.21. The summed E-state index contributed by atoms with van der Waals surface area (Å²) in [5.74, 6) is -0.987. The largest absolute Gasteiger partial charge is 0.469 e. The molecular weight excluding hydrogens is 248 g/mol. The van der Waals surface area contributed by atoms with Crippen LogP contribution in [0.4, 0.5) is 4.79 Å². The third-order valence-corrected chi connectivity index (χ3v) is 2.95. The lowest BCUT2D eigenvalue weighted by Crippen LogP contribution is -2.36. The fourth-order valence-electron chi connectivity index (χ4n) is 1.95. The highest BCUT2D eigenvalue weighted by molar-refractivity contribution is 6.05. The molecule has 1 saturated heterocycles. The van der Waals surface area contributed by atoms with E-state index in [4.69, 9.17) is 0 Å². The maximum absolute atomic E-state index is 11.7. The van der Waals surface area contributed by atoms with Gasteiger partial charge >= 0.3 is 12.0 Å². The predicted octanol–water partition coefficient (Wildman–Crippen LogP) is 0.670. The number of hydrogen-bond donors (Lipinski definition) is 1. The van der Waals surface area contributed by atoms with E-state index in [1.54, 1.807) is 0 Å². The highest BCUT2D eigenvalue weighted by Crippen LogP contribution is 2.16. The average molecular weight is 262 g/mol. The Morgan fingerprint density at radius 2 is 2.00 bits per heavy atom. The van der Waals surface area contributed by atoms with Crippen LogP contribution in [0.1, 0.15) is 12.0 Å².